The molecular weight excluding hydrogens is 326 g/mol. The summed E-state index contributed by atoms with van der Waals surface area (Å²) in [5.41, 5.74) is 9.49. The molecule has 2 aromatic carbocycles. The lowest BCUT2D eigenvalue weighted by atomic mass is 10.2. The van der Waals surface area contributed by atoms with E-state index in [1.54, 1.807) is 0 Å². The summed E-state index contributed by atoms with van der Waals surface area (Å²) in [6.45, 7) is 0.466. The molecule has 96 valence electrons. The molecule has 0 aliphatic carbocycles. The van der Waals surface area contributed by atoms with Gasteiger partial charge in [0.05, 0.1) is 16.1 Å². The molecule has 0 atom stereocenters. The topological polar surface area (TPSA) is 54.7 Å². The largest absolute Gasteiger partial charge is 0.338 e. The summed E-state index contributed by atoms with van der Waals surface area (Å²) >= 11 is 9.72. The zero-order chi connectivity index (χ0) is 13.4. The Hall–Kier alpha value is -1.36. The second-order valence-corrected chi connectivity index (χ2v) is 5.44. The van der Waals surface area contributed by atoms with Crippen molar-refractivity contribution in [3.8, 4) is 11.4 Å². The van der Waals surface area contributed by atoms with Crippen LogP contribution in [0.15, 0.2) is 40.9 Å². The maximum atomic E-state index is 6.30. The van der Waals surface area contributed by atoms with Crippen LogP contribution in [0.25, 0.3) is 22.4 Å². The van der Waals surface area contributed by atoms with Crippen LogP contribution in [0, 0.1) is 0 Å². The molecule has 3 aromatic rings. The van der Waals surface area contributed by atoms with Gasteiger partial charge in [-0.1, -0.05) is 29.8 Å². The predicted molar refractivity (Wildman–Crippen MR) is 82.1 cm³/mol. The molecule has 5 heteroatoms. The molecule has 0 aliphatic rings. The molecule has 1 aromatic heterocycles. The van der Waals surface area contributed by atoms with Crippen LogP contribution in [0.3, 0.4) is 0 Å². The third-order valence-corrected chi connectivity index (χ3v) is 4.32. The van der Waals surface area contributed by atoms with E-state index in [0.717, 1.165) is 32.5 Å². The van der Waals surface area contributed by atoms with Crippen LogP contribution in [0.1, 0.15) is 5.56 Å². The lowest BCUT2D eigenvalue weighted by Crippen LogP contribution is -1.96. The van der Waals surface area contributed by atoms with Crippen molar-refractivity contribution in [1.82, 2.24) is 9.97 Å². The summed E-state index contributed by atoms with van der Waals surface area (Å²) in [4.78, 5) is 7.90. The maximum Gasteiger partial charge on any atom is 0.140 e. The first-order valence-electron chi connectivity index (χ1n) is 5.83. The van der Waals surface area contributed by atoms with Crippen molar-refractivity contribution in [1.29, 1.82) is 0 Å². The summed E-state index contributed by atoms with van der Waals surface area (Å²) in [5, 5.41) is 0.649. The van der Waals surface area contributed by atoms with Gasteiger partial charge in [-0.15, -0.1) is 0 Å². The number of imidazole rings is 1. The summed E-state index contributed by atoms with van der Waals surface area (Å²) < 4.78 is 0.853. The Morgan fingerprint density at radius 2 is 2.00 bits per heavy atom. The second kappa shape index (κ2) is 4.96. The van der Waals surface area contributed by atoms with Crippen LogP contribution >= 0.6 is 27.5 Å². The first-order valence-corrected chi connectivity index (χ1v) is 7.00. The summed E-state index contributed by atoms with van der Waals surface area (Å²) in [5.74, 6) is 0.752. The minimum absolute atomic E-state index is 0.466. The minimum Gasteiger partial charge on any atom is -0.338 e. The van der Waals surface area contributed by atoms with Gasteiger partial charge in [0.1, 0.15) is 5.82 Å². The number of fused-ring (bicyclic) bond motifs is 1. The molecule has 3 nitrogen and oxygen atoms in total. The van der Waals surface area contributed by atoms with Crippen LogP contribution in [-0.2, 0) is 6.54 Å². The van der Waals surface area contributed by atoms with Gasteiger partial charge in [-0.25, -0.2) is 4.98 Å². The number of hydrogen-bond acceptors (Lipinski definition) is 2. The fourth-order valence-electron chi connectivity index (χ4n) is 2.07. The predicted octanol–water partition coefficient (Wildman–Crippen LogP) is 4.10. The lowest BCUT2D eigenvalue weighted by Gasteiger charge is -2.01. The first kappa shape index (κ1) is 12.7. The smallest absolute Gasteiger partial charge is 0.140 e. The molecule has 3 rings (SSSR count). The Labute approximate surface area is 123 Å². The molecule has 0 fully saturated rings. The van der Waals surface area contributed by atoms with E-state index in [0.29, 0.717) is 11.6 Å². The van der Waals surface area contributed by atoms with Gasteiger partial charge in [0, 0.05) is 16.6 Å². The minimum atomic E-state index is 0.466. The van der Waals surface area contributed by atoms with Gasteiger partial charge in [0.15, 0.2) is 0 Å². The van der Waals surface area contributed by atoms with E-state index in [-0.39, 0.29) is 0 Å². The van der Waals surface area contributed by atoms with Gasteiger partial charge in [-0.05, 0) is 39.7 Å². The van der Waals surface area contributed by atoms with Gasteiger partial charge in [0.2, 0.25) is 0 Å². The van der Waals surface area contributed by atoms with Crippen molar-refractivity contribution in [2.45, 2.75) is 6.54 Å². The van der Waals surface area contributed by atoms with E-state index in [9.17, 15) is 0 Å². The zero-order valence-electron chi connectivity index (χ0n) is 9.95. The molecule has 0 saturated carbocycles. The van der Waals surface area contributed by atoms with E-state index in [1.165, 1.54) is 0 Å². The number of benzene rings is 2. The highest BCUT2D eigenvalue weighted by atomic mass is 79.9. The van der Waals surface area contributed by atoms with E-state index in [2.05, 4.69) is 25.9 Å². The standard InChI is InChI=1S/C14H11BrClN3/c15-10-5-2-4-9(12(10)16)14-18-11-6-1-3-8(7-17)13(11)19-14/h1-6H,7,17H2,(H,18,19). The number of hydrogen-bond donors (Lipinski definition) is 2. The van der Waals surface area contributed by atoms with E-state index < -0.39 is 0 Å². The SMILES string of the molecule is NCc1cccc2[nH]c(-c3cccc(Br)c3Cl)nc12. The van der Waals surface area contributed by atoms with Gasteiger partial charge < -0.3 is 10.7 Å². The number of nitrogens with zero attached hydrogens (tertiary/aromatic N) is 1. The average Bonchev–Trinajstić information content (AvgIpc) is 2.85. The van der Waals surface area contributed by atoms with Crippen LogP contribution in [0.5, 0.6) is 0 Å². The average molecular weight is 337 g/mol. The van der Waals surface area contributed by atoms with Crippen LogP contribution in [-0.4, -0.2) is 9.97 Å². The molecule has 0 spiro atoms. The van der Waals surface area contributed by atoms with Gasteiger partial charge in [0.25, 0.3) is 0 Å². The number of nitrogens with one attached hydrogen (secondary N) is 1. The maximum absolute atomic E-state index is 6.30. The van der Waals surface area contributed by atoms with Crippen molar-refractivity contribution in [2.24, 2.45) is 5.73 Å². The van der Waals surface area contributed by atoms with Crippen molar-refractivity contribution in [2.75, 3.05) is 0 Å². The van der Waals surface area contributed by atoms with Crippen LogP contribution in [0.4, 0.5) is 0 Å². The highest BCUT2D eigenvalue weighted by Gasteiger charge is 2.12. The molecule has 3 N–H and O–H groups in total. The van der Waals surface area contributed by atoms with Crippen molar-refractivity contribution in [3.05, 3.63) is 51.5 Å². The Bertz CT molecular complexity index is 752. The Balaban J connectivity index is 2.24. The van der Waals surface area contributed by atoms with E-state index >= 15 is 0 Å². The van der Waals surface area contributed by atoms with Crippen LogP contribution in [0.2, 0.25) is 5.02 Å². The van der Waals surface area contributed by atoms with Crippen LogP contribution < -0.4 is 5.73 Å². The highest BCUT2D eigenvalue weighted by molar-refractivity contribution is 9.10. The number of H-pyrrole nitrogens is 1. The fraction of sp³-hybridized carbons (Fsp3) is 0.0714. The number of nitrogens with two attached hydrogens (primary N) is 1. The summed E-state index contributed by atoms with van der Waals surface area (Å²) in [6.07, 6.45) is 0. The van der Waals surface area contributed by atoms with E-state index in [1.807, 2.05) is 36.4 Å². The molecule has 0 unspecified atom stereocenters. The molecule has 19 heavy (non-hydrogen) atoms. The number of aromatic amines is 1. The monoisotopic (exact) mass is 335 g/mol. The summed E-state index contributed by atoms with van der Waals surface area (Å²) in [7, 11) is 0. The highest BCUT2D eigenvalue weighted by Crippen LogP contribution is 2.33. The molecular formula is C14H11BrClN3. The molecule has 0 radical (unpaired) electrons. The molecule has 1 heterocycles. The van der Waals surface area contributed by atoms with Crippen molar-refractivity contribution >= 4 is 38.6 Å². The van der Waals surface area contributed by atoms with Crippen molar-refractivity contribution < 1.29 is 0 Å². The number of halogens is 2. The second-order valence-electron chi connectivity index (χ2n) is 4.20. The Kier molecular flexibility index (Phi) is 3.31. The van der Waals surface area contributed by atoms with E-state index in [4.69, 9.17) is 17.3 Å². The summed E-state index contributed by atoms with van der Waals surface area (Å²) in [6, 6.07) is 11.7. The van der Waals surface area contributed by atoms with Gasteiger partial charge in [-0.2, -0.15) is 0 Å². The molecule has 0 amide bonds. The third-order valence-electron chi connectivity index (χ3n) is 3.02. The van der Waals surface area contributed by atoms with Crippen molar-refractivity contribution in [3.63, 3.8) is 0 Å². The third kappa shape index (κ3) is 2.16. The van der Waals surface area contributed by atoms with Gasteiger partial charge in [-0.3, -0.25) is 0 Å². The first-order chi connectivity index (χ1) is 9.20. The van der Waals surface area contributed by atoms with Gasteiger partial charge >= 0.3 is 0 Å². The Morgan fingerprint density at radius 1 is 1.21 bits per heavy atom. The number of aromatic nitrogens is 2. The molecule has 0 bridgehead atoms. The lowest BCUT2D eigenvalue weighted by molar-refractivity contribution is 1.08. The normalized spacial score (nSPS) is 11.1. The zero-order valence-corrected chi connectivity index (χ0v) is 12.3. The number of para-hydroxylation sites is 1. The number of rotatable bonds is 2. The molecule has 0 saturated heterocycles. The Morgan fingerprint density at radius 3 is 2.79 bits per heavy atom. The quantitative estimate of drug-likeness (QED) is 0.740. The molecule has 0 aliphatic heterocycles. The fourth-order valence-corrected chi connectivity index (χ4v) is 2.65.